The van der Waals surface area contributed by atoms with Crippen molar-refractivity contribution in [2.24, 2.45) is 5.92 Å². The summed E-state index contributed by atoms with van der Waals surface area (Å²) in [5, 5.41) is 0. The van der Waals surface area contributed by atoms with E-state index >= 15 is 0 Å². The summed E-state index contributed by atoms with van der Waals surface area (Å²) in [5.74, 6) is 1.06. The van der Waals surface area contributed by atoms with E-state index < -0.39 is 0 Å². The first-order valence-electron chi connectivity index (χ1n) is 4.93. The number of hydrogen-bond donors (Lipinski definition) is 0. The Morgan fingerprint density at radius 2 is 2.00 bits per heavy atom. The number of allylic oxidation sites excluding steroid dienone is 1. The van der Waals surface area contributed by atoms with Gasteiger partial charge in [-0.05, 0) is 25.7 Å². The molecule has 0 atom stereocenters. The molecule has 0 N–H and O–H groups in total. The zero-order valence-electron chi connectivity index (χ0n) is 7.73. The summed E-state index contributed by atoms with van der Waals surface area (Å²) in [7, 11) is 0. The van der Waals surface area contributed by atoms with Gasteiger partial charge >= 0.3 is 0 Å². The van der Waals surface area contributed by atoms with Gasteiger partial charge in [-0.25, -0.2) is 0 Å². The molecule has 0 heterocycles. The highest BCUT2D eigenvalue weighted by atomic mass is 14.2. The largest absolute Gasteiger partial charge is 0.100 e. The summed E-state index contributed by atoms with van der Waals surface area (Å²) in [6.07, 6.45) is 10.0. The highest BCUT2D eigenvalue weighted by Gasteiger charge is 2.13. The molecule has 0 aromatic carbocycles. The molecule has 0 aromatic heterocycles. The summed E-state index contributed by atoms with van der Waals surface area (Å²) >= 11 is 0. The van der Waals surface area contributed by atoms with Crippen LogP contribution in [0.25, 0.3) is 0 Å². The van der Waals surface area contributed by atoms with Gasteiger partial charge in [0.2, 0.25) is 0 Å². The molecule has 1 saturated carbocycles. The van der Waals surface area contributed by atoms with Crippen molar-refractivity contribution >= 4 is 0 Å². The Balaban J connectivity index is 1.98. The van der Waals surface area contributed by atoms with E-state index in [1.807, 2.05) is 0 Å². The van der Waals surface area contributed by atoms with Gasteiger partial charge in [-0.3, -0.25) is 0 Å². The van der Waals surface area contributed by atoms with Gasteiger partial charge in [0, 0.05) is 0 Å². The molecule has 1 aliphatic rings. The summed E-state index contributed by atoms with van der Waals surface area (Å²) < 4.78 is 0. The van der Waals surface area contributed by atoms with Crippen LogP contribution in [0.2, 0.25) is 0 Å². The van der Waals surface area contributed by atoms with Gasteiger partial charge in [0.05, 0.1) is 0 Å². The van der Waals surface area contributed by atoms with Gasteiger partial charge in [-0.1, -0.05) is 37.7 Å². The number of hydrogen-bond acceptors (Lipinski definition) is 0. The van der Waals surface area contributed by atoms with Crippen molar-refractivity contribution in [2.45, 2.75) is 51.9 Å². The highest BCUT2D eigenvalue weighted by Crippen LogP contribution is 2.29. The molecule has 0 aliphatic heterocycles. The van der Waals surface area contributed by atoms with Gasteiger partial charge in [-0.15, -0.1) is 6.58 Å². The first kappa shape index (κ1) is 8.83. The molecule has 1 fully saturated rings. The van der Waals surface area contributed by atoms with Crippen LogP contribution in [0.4, 0.5) is 0 Å². The van der Waals surface area contributed by atoms with Crippen molar-refractivity contribution < 1.29 is 0 Å². The van der Waals surface area contributed by atoms with Crippen molar-refractivity contribution in [2.75, 3.05) is 0 Å². The fraction of sp³-hybridized carbons (Fsp3) is 0.818. The van der Waals surface area contributed by atoms with Crippen LogP contribution in [0.5, 0.6) is 0 Å². The van der Waals surface area contributed by atoms with Crippen LogP contribution < -0.4 is 0 Å². The summed E-state index contributed by atoms with van der Waals surface area (Å²) in [4.78, 5) is 0. The van der Waals surface area contributed by atoms with Crippen LogP contribution in [0.1, 0.15) is 51.9 Å². The lowest BCUT2D eigenvalue weighted by Gasteiger charge is -2.07. The maximum absolute atomic E-state index is 3.92. The van der Waals surface area contributed by atoms with Crippen molar-refractivity contribution in [1.82, 2.24) is 0 Å². The maximum Gasteiger partial charge on any atom is -0.0326 e. The maximum atomic E-state index is 3.92. The first-order chi connectivity index (χ1) is 5.29. The van der Waals surface area contributed by atoms with E-state index in [9.17, 15) is 0 Å². The molecule has 1 aliphatic carbocycles. The highest BCUT2D eigenvalue weighted by molar-refractivity contribution is 4.87. The normalized spacial score (nSPS) is 19.0. The van der Waals surface area contributed by atoms with E-state index in [1.54, 1.807) is 0 Å². The van der Waals surface area contributed by atoms with Crippen molar-refractivity contribution in [1.29, 1.82) is 0 Å². The second-order valence-corrected chi connectivity index (χ2v) is 4.00. The Morgan fingerprint density at radius 1 is 1.36 bits per heavy atom. The smallest absolute Gasteiger partial charge is 0.0326 e. The fourth-order valence-electron chi connectivity index (χ4n) is 1.99. The van der Waals surface area contributed by atoms with E-state index in [2.05, 4.69) is 13.5 Å². The van der Waals surface area contributed by atoms with Crippen molar-refractivity contribution in [3.8, 4) is 0 Å². The van der Waals surface area contributed by atoms with Crippen LogP contribution in [0.3, 0.4) is 0 Å². The SMILES string of the molecule is C=C(C)CCCC1CCCC1. The lowest BCUT2D eigenvalue weighted by atomic mass is 9.99. The summed E-state index contributed by atoms with van der Waals surface area (Å²) in [6, 6.07) is 0. The molecule has 0 radical (unpaired) electrons. The van der Waals surface area contributed by atoms with Gasteiger partial charge in [0.25, 0.3) is 0 Å². The van der Waals surface area contributed by atoms with Gasteiger partial charge in [-0.2, -0.15) is 0 Å². The predicted molar refractivity (Wildman–Crippen MR) is 50.6 cm³/mol. The average molecular weight is 152 g/mol. The minimum atomic E-state index is 1.06. The minimum Gasteiger partial charge on any atom is -0.100 e. The van der Waals surface area contributed by atoms with Crippen molar-refractivity contribution in [3.63, 3.8) is 0 Å². The third kappa shape index (κ3) is 3.60. The second-order valence-electron chi connectivity index (χ2n) is 4.00. The van der Waals surface area contributed by atoms with Crippen LogP contribution >= 0.6 is 0 Å². The zero-order valence-corrected chi connectivity index (χ0v) is 7.73. The Hall–Kier alpha value is -0.260. The average Bonchev–Trinajstić information content (AvgIpc) is 2.39. The van der Waals surface area contributed by atoms with Gasteiger partial charge in [0.15, 0.2) is 0 Å². The summed E-state index contributed by atoms with van der Waals surface area (Å²) in [6.45, 7) is 6.05. The monoisotopic (exact) mass is 152 g/mol. The molecule has 0 spiro atoms. The number of rotatable bonds is 4. The molecule has 0 aromatic rings. The van der Waals surface area contributed by atoms with Crippen LogP contribution in [0.15, 0.2) is 12.2 Å². The molecule has 0 saturated heterocycles. The Kier molecular flexibility index (Phi) is 3.68. The van der Waals surface area contributed by atoms with Crippen LogP contribution in [-0.4, -0.2) is 0 Å². The zero-order chi connectivity index (χ0) is 8.10. The lowest BCUT2D eigenvalue weighted by Crippen LogP contribution is -1.92. The van der Waals surface area contributed by atoms with E-state index in [0.717, 1.165) is 5.92 Å². The van der Waals surface area contributed by atoms with E-state index in [1.165, 1.54) is 50.5 Å². The molecule has 1 rings (SSSR count). The molecule has 0 heteroatoms. The molecule has 0 unspecified atom stereocenters. The first-order valence-corrected chi connectivity index (χ1v) is 4.93. The third-order valence-corrected chi connectivity index (χ3v) is 2.69. The van der Waals surface area contributed by atoms with Crippen LogP contribution in [0, 0.1) is 5.92 Å². The molecule has 0 bridgehead atoms. The molecule has 64 valence electrons. The lowest BCUT2D eigenvalue weighted by molar-refractivity contribution is 0.483. The third-order valence-electron chi connectivity index (χ3n) is 2.69. The molecule has 0 nitrogen and oxygen atoms in total. The van der Waals surface area contributed by atoms with Crippen LogP contribution in [-0.2, 0) is 0 Å². The minimum absolute atomic E-state index is 1.06. The molecule has 0 amide bonds. The quantitative estimate of drug-likeness (QED) is 0.535. The Bertz CT molecular complexity index is 118. The Labute approximate surface area is 70.7 Å². The predicted octanol–water partition coefficient (Wildman–Crippen LogP) is 3.92. The van der Waals surface area contributed by atoms with Gasteiger partial charge in [0.1, 0.15) is 0 Å². The fourth-order valence-corrected chi connectivity index (χ4v) is 1.99. The van der Waals surface area contributed by atoms with E-state index in [-0.39, 0.29) is 0 Å². The molecular formula is C11H20. The summed E-state index contributed by atoms with van der Waals surface area (Å²) in [5.41, 5.74) is 1.35. The Morgan fingerprint density at radius 3 is 2.55 bits per heavy atom. The van der Waals surface area contributed by atoms with Gasteiger partial charge < -0.3 is 0 Å². The van der Waals surface area contributed by atoms with E-state index in [0.29, 0.717) is 0 Å². The molecule has 11 heavy (non-hydrogen) atoms. The second kappa shape index (κ2) is 4.58. The van der Waals surface area contributed by atoms with E-state index in [4.69, 9.17) is 0 Å². The standard InChI is InChI=1S/C11H20/c1-10(2)6-5-9-11-7-3-4-8-11/h11H,1,3-9H2,2H3. The topological polar surface area (TPSA) is 0 Å². The molecular weight excluding hydrogens is 132 g/mol. The van der Waals surface area contributed by atoms with Crippen molar-refractivity contribution in [3.05, 3.63) is 12.2 Å².